The Kier molecular flexibility index (Phi) is 6.31. The summed E-state index contributed by atoms with van der Waals surface area (Å²) >= 11 is 0. The molecule has 1 fully saturated rings. The molecule has 1 aliphatic rings. The Morgan fingerprint density at radius 3 is 2.38 bits per heavy atom. The molecule has 0 bridgehead atoms. The number of amides is 1. The Morgan fingerprint density at radius 2 is 1.81 bits per heavy atom. The van der Waals surface area contributed by atoms with E-state index in [-0.39, 0.29) is 12.0 Å². The molecule has 2 N–H and O–H groups in total. The quantitative estimate of drug-likeness (QED) is 0.838. The minimum absolute atomic E-state index is 0.00798. The average molecular weight is 310 g/mol. The third kappa shape index (κ3) is 8.14. The molecule has 1 aliphatic carbocycles. The first-order valence-corrected chi connectivity index (χ1v) is 7.34. The third-order valence-corrected chi connectivity index (χ3v) is 3.38. The number of halogens is 3. The molecule has 21 heavy (non-hydrogen) atoms. The molecule has 0 saturated heterocycles. The van der Waals surface area contributed by atoms with Gasteiger partial charge in [-0.3, -0.25) is 0 Å². The molecule has 0 radical (unpaired) electrons. The van der Waals surface area contributed by atoms with E-state index in [1.54, 1.807) is 20.8 Å². The third-order valence-electron chi connectivity index (χ3n) is 3.38. The second-order valence-corrected chi connectivity index (χ2v) is 6.53. The molecule has 1 rings (SSSR count). The van der Waals surface area contributed by atoms with Crippen LogP contribution in [0, 0.1) is 5.92 Å². The summed E-state index contributed by atoms with van der Waals surface area (Å²) in [5, 5.41) is 5.22. The highest BCUT2D eigenvalue weighted by Gasteiger charge is 2.32. The summed E-state index contributed by atoms with van der Waals surface area (Å²) < 4.78 is 42.0. The van der Waals surface area contributed by atoms with Crippen LogP contribution in [0.3, 0.4) is 0 Å². The van der Waals surface area contributed by atoms with Gasteiger partial charge in [0.1, 0.15) is 5.60 Å². The van der Waals surface area contributed by atoms with Gasteiger partial charge in [-0.1, -0.05) is 12.8 Å². The van der Waals surface area contributed by atoms with Crippen LogP contribution >= 0.6 is 0 Å². The summed E-state index contributed by atoms with van der Waals surface area (Å²) in [7, 11) is 0. The Morgan fingerprint density at radius 1 is 1.19 bits per heavy atom. The molecule has 0 aromatic rings. The number of rotatable bonds is 4. The summed E-state index contributed by atoms with van der Waals surface area (Å²) in [5.74, 6) is 0.00798. The van der Waals surface area contributed by atoms with Crippen LogP contribution in [0.4, 0.5) is 18.0 Å². The highest BCUT2D eigenvalue weighted by molar-refractivity contribution is 5.67. The molecule has 124 valence electrons. The predicted molar refractivity (Wildman–Crippen MR) is 74.0 cm³/mol. The molecule has 0 heterocycles. The molecule has 7 heteroatoms. The molecule has 2 unspecified atom stereocenters. The number of hydrogen-bond acceptors (Lipinski definition) is 3. The largest absolute Gasteiger partial charge is 0.444 e. The van der Waals surface area contributed by atoms with E-state index in [2.05, 4.69) is 10.6 Å². The molecule has 1 saturated carbocycles. The van der Waals surface area contributed by atoms with Gasteiger partial charge in [-0.2, -0.15) is 13.2 Å². The highest BCUT2D eigenvalue weighted by atomic mass is 19.4. The maximum Gasteiger partial charge on any atom is 0.407 e. The van der Waals surface area contributed by atoms with Crippen LogP contribution in [-0.4, -0.2) is 37.0 Å². The van der Waals surface area contributed by atoms with E-state index in [0.29, 0.717) is 13.0 Å². The Bertz CT molecular complexity index is 340. The van der Waals surface area contributed by atoms with Crippen molar-refractivity contribution in [3.05, 3.63) is 0 Å². The molecule has 0 aliphatic heterocycles. The van der Waals surface area contributed by atoms with E-state index in [1.807, 2.05) is 0 Å². The van der Waals surface area contributed by atoms with Crippen LogP contribution < -0.4 is 10.6 Å². The lowest BCUT2D eigenvalue weighted by atomic mass is 9.84. The predicted octanol–water partition coefficient (Wildman–Crippen LogP) is 3.22. The van der Waals surface area contributed by atoms with Gasteiger partial charge in [0.25, 0.3) is 0 Å². The summed E-state index contributed by atoms with van der Waals surface area (Å²) in [6.45, 7) is 4.65. The summed E-state index contributed by atoms with van der Waals surface area (Å²) in [4.78, 5) is 11.6. The Balaban J connectivity index is 2.41. The summed E-state index contributed by atoms with van der Waals surface area (Å²) in [5.41, 5.74) is -0.579. The van der Waals surface area contributed by atoms with E-state index in [0.717, 1.165) is 19.3 Å². The van der Waals surface area contributed by atoms with Crippen molar-refractivity contribution in [1.29, 1.82) is 0 Å². The molecule has 0 spiro atoms. The van der Waals surface area contributed by atoms with E-state index in [9.17, 15) is 18.0 Å². The normalized spacial score (nSPS) is 23.7. The molecule has 0 aromatic heterocycles. The zero-order chi connectivity index (χ0) is 16.1. The van der Waals surface area contributed by atoms with E-state index < -0.39 is 24.4 Å². The van der Waals surface area contributed by atoms with Crippen molar-refractivity contribution in [2.24, 2.45) is 5.92 Å². The fourth-order valence-electron chi connectivity index (χ4n) is 2.50. The molecule has 0 aromatic carbocycles. The number of nitrogens with one attached hydrogen (secondary N) is 2. The zero-order valence-electron chi connectivity index (χ0n) is 12.8. The SMILES string of the molecule is CC(C)(C)OC(=O)NCC1CCCCC1NCC(F)(F)F. The lowest BCUT2D eigenvalue weighted by molar-refractivity contribution is -0.127. The zero-order valence-corrected chi connectivity index (χ0v) is 12.8. The molecular weight excluding hydrogens is 285 g/mol. The lowest BCUT2D eigenvalue weighted by Crippen LogP contribution is -2.47. The monoisotopic (exact) mass is 310 g/mol. The van der Waals surface area contributed by atoms with Gasteiger partial charge < -0.3 is 15.4 Å². The van der Waals surface area contributed by atoms with Crippen LogP contribution in [-0.2, 0) is 4.74 Å². The smallest absolute Gasteiger partial charge is 0.407 e. The first-order chi connectivity index (χ1) is 9.57. The van der Waals surface area contributed by atoms with Crippen molar-refractivity contribution >= 4 is 6.09 Å². The van der Waals surface area contributed by atoms with Gasteiger partial charge in [0.15, 0.2) is 0 Å². The minimum Gasteiger partial charge on any atom is -0.444 e. The van der Waals surface area contributed by atoms with E-state index >= 15 is 0 Å². The summed E-state index contributed by atoms with van der Waals surface area (Å²) in [6, 6.07) is -0.213. The van der Waals surface area contributed by atoms with Gasteiger partial charge in [-0.15, -0.1) is 0 Å². The fraction of sp³-hybridized carbons (Fsp3) is 0.929. The first-order valence-electron chi connectivity index (χ1n) is 7.34. The van der Waals surface area contributed by atoms with Crippen LogP contribution in [0.15, 0.2) is 0 Å². The van der Waals surface area contributed by atoms with E-state index in [1.165, 1.54) is 0 Å². The van der Waals surface area contributed by atoms with Crippen LogP contribution in [0.2, 0.25) is 0 Å². The standard InChI is InChI=1S/C14H25F3N2O2/c1-13(2,3)21-12(20)18-8-10-6-4-5-7-11(10)19-9-14(15,16)17/h10-11,19H,4-9H2,1-3H3,(H,18,20). The maximum atomic E-state index is 12.3. The number of ether oxygens (including phenoxy) is 1. The average Bonchev–Trinajstić information content (AvgIpc) is 2.32. The Hall–Kier alpha value is -0.980. The molecule has 2 atom stereocenters. The second kappa shape index (κ2) is 7.33. The van der Waals surface area contributed by atoms with E-state index in [4.69, 9.17) is 4.74 Å². The number of hydrogen-bond donors (Lipinski definition) is 2. The van der Waals surface area contributed by atoms with Gasteiger partial charge in [0.2, 0.25) is 0 Å². The Labute approximate surface area is 123 Å². The van der Waals surface area contributed by atoms with Gasteiger partial charge in [-0.05, 0) is 39.5 Å². The van der Waals surface area contributed by atoms with Crippen molar-refractivity contribution in [2.45, 2.75) is 64.3 Å². The van der Waals surface area contributed by atoms with Crippen molar-refractivity contribution < 1.29 is 22.7 Å². The maximum absolute atomic E-state index is 12.3. The highest BCUT2D eigenvalue weighted by Crippen LogP contribution is 2.25. The number of carbonyl (C=O) groups excluding carboxylic acids is 1. The van der Waals surface area contributed by atoms with Crippen molar-refractivity contribution in [2.75, 3.05) is 13.1 Å². The number of alkyl carbamates (subject to hydrolysis) is 1. The van der Waals surface area contributed by atoms with Gasteiger partial charge in [-0.25, -0.2) is 4.79 Å². The topological polar surface area (TPSA) is 50.4 Å². The summed E-state index contributed by atoms with van der Waals surface area (Å²) in [6.07, 6.45) is -1.32. The van der Waals surface area contributed by atoms with Gasteiger partial charge in [0, 0.05) is 12.6 Å². The van der Waals surface area contributed by atoms with Crippen LogP contribution in [0.5, 0.6) is 0 Å². The van der Waals surface area contributed by atoms with Crippen molar-refractivity contribution in [1.82, 2.24) is 10.6 Å². The number of carbonyl (C=O) groups is 1. The molecule has 4 nitrogen and oxygen atoms in total. The first kappa shape index (κ1) is 18.1. The van der Waals surface area contributed by atoms with Gasteiger partial charge in [0.05, 0.1) is 6.54 Å². The fourth-order valence-corrected chi connectivity index (χ4v) is 2.50. The molecular formula is C14H25F3N2O2. The number of alkyl halides is 3. The van der Waals surface area contributed by atoms with Gasteiger partial charge >= 0.3 is 12.3 Å². The van der Waals surface area contributed by atoms with Crippen molar-refractivity contribution in [3.63, 3.8) is 0 Å². The van der Waals surface area contributed by atoms with Crippen LogP contribution in [0.1, 0.15) is 46.5 Å². The van der Waals surface area contributed by atoms with Crippen molar-refractivity contribution in [3.8, 4) is 0 Å². The second-order valence-electron chi connectivity index (χ2n) is 6.53. The van der Waals surface area contributed by atoms with Crippen LogP contribution in [0.25, 0.3) is 0 Å². The molecule has 1 amide bonds. The lowest BCUT2D eigenvalue weighted by Gasteiger charge is -2.33. The minimum atomic E-state index is -4.21.